The van der Waals surface area contributed by atoms with Crippen LogP contribution in [0.15, 0.2) is 36.4 Å². The molecule has 1 heterocycles. The van der Waals surface area contributed by atoms with Gasteiger partial charge in [0.25, 0.3) is 0 Å². The highest BCUT2D eigenvalue weighted by Gasteiger charge is 2.08. The minimum atomic E-state index is -0.586. The maximum atomic E-state index is 13.6. The number of imidazole rings is 1. The number of hydrogen-bond acceptors (Lipinski definition) is 1. The first-order valence-electron chi connectivity index (χ1n) is 5.70. The number of rotatable bonds is 2. The predicted molar refractivity (Wildman–Crippen MR) is 70.3 cm³/mol. The summed E-state index contributed by atoms with van der Waals surface area (Å²) in [5.74, 6) is -0.543. The molecule has 0 aliphatic heterocycles. The molecule has 3 aromatic rings. The molecule has 0 saturated heterocycles. The molecule has 0 bridgehead atoms. The number of benzene rings is 2. The van der Waals surface area contributed by atoms with Crippen LogP contribution < -0.4 is 0 Å². The maximum absolute atomic E-state index is 13.6. The van der Waals surface area contributed by atoms with Gasteiger partial charge in [-0.15, -0.1) is 0 Å². The molecule has 0 aliphatic rings. The van der Waals surface area contributed by atoms with Crippen molar-refractivity contribution < 1.29 is 8.78 Å². The first kappa shape index (κ1) is 12.1. The quantitative estimate of drug-likeness (QED) is 0.751. The largest absolute Gasteiger partial charge is 0.342 e. The highest BCUT2D eigenvalue weighted by atomic mass is 35.5. The third-order valence-electron chi connectivity index (χ3n) is 2.87. The van der Waals surface area contributed by atoms with Crippen molar-refractivity contribution in [3.05, 3.63) is 64.4 Å². The van der Waals surface area contributed by atoms with E-state index in [1.54, 1.807) is 12.1 Å². The second-order valence-electron chi connectivity index (χ2n) is 4.26. The van der Waals surface area contributed by atoms with Crippen LogP contribution >= 0.6 is 11.6 Å². The Morgan fingerprint density at radius 3 is 2.74 bits per heavy atom. The molecule has 1 aromatic heterocycles. The summed E-state index contributed by atoms with van der Waals surface area (Å²) in [4.78, 5) is 7.41. The van der Waals surface area contributed by atoms with Crippen molar-refractivity contribution >= 4 is 22.6 Å². The van der Waals surface area contributed by atoms with E-state index in [1.165, 1.54) is 12.1 Å². The molecule has 2 nitrogen and oxygen atoms in total. The fraction of sp³-hybridized carbons (Fsp3) is 0.0714. The fourth-order valence-electron chi connectivity index (χ4n) is 1.96. The van der Waals surface area contributed by atoms with Gasteiger partial charge in [0.15, 0.2) is 0 Å². The lowest BCUT2D eigenvalue weighted by Crippen LogP contribution is -1.95. The molecule has 2 aromatic carbocycles. The average molecular weight is 279 g/mol. The Morgan fingerprint density at radius 1 is 1.11 bits per heavy atom. The van der Waals surface area contributed by atoms with Gasteiger partial charge >= 0.3 is 0 Å². The van der Waals surface area contributed by atoms with Crippen LogP contribution in [0.1, 0.15) is 11.4 Å². The summed E-state index contributed by atoms with van der Waals surface area (Å²) in [6.07, 6.45) is 0.276. The van der Waals surface area contributed by atoms with Crippen molar-refractivity contribution in [1.29, 1.82) is 0 Å². The Labute approximate surface area is 113 Å². The van der Waals surface area contributed by atoms with E-state index in [1.807, 2.05) is 6.07 Å². The number of H-pyrrole nitrogens is 1. The van der Waals surface area contributed by atoms with E-state index in [4.69, 9.17) is 11.6 Å². The molecule has 19 heavy (non-hydrogen) atoms. The zero-order valence-electron chi connectivity index (χ0n) is 9.75. The van der Waals surface area contributed by atoms with E-state index in [-0.39, 0.29) is 6.42 Å². The molecule has 0 radical (unpaired) electrons. The van der Waals surface area contributed by atoms with Crippen molar-refractivity contribution in [2.75, 3.05) is 0 Å². The Hall–Kier alpha value is -1.94. The van der Waals surface area contributed by atoms with Gasteiger partial charge in [-0.05, 0) is 29.8 Å². The highest BCUT2D eigenvalue weighted by molar-refractivity contribution is 6.31. The minimum Gasteiger partial charge on any atom is -0.342 e. The molecule has 0 amide bonds. The van der Waals surface area contributed by atoms with Gasteiger partial charge < -0.3 is 4.98 Å². The molecule has 1 N–H and O–H groups in total. The van der Waals surface area contributed by atoms with Crippen LogP contribution in [0.5, 0.6) is 0 Å². The lowest BCUT2D eigenvalue weighted by Gasteiger charge is -2.00. The van der Waals surface area contributed by atoms with Crippen molar-refractivity contribution in [3.8, 4) is 0 Å². The smallest absolute Gasteiger partial charge is 0.129 e. The van der Waals surface area contributed by atoms with Gasteiger partial charge in [-0.1, -0.05) is 17.7 Å². The molecule has 0 atom stereocenters. The maximum Gasteiger partial charge on any atom is 0.129 e. The zero-order chi connectivity index (χ0) is 13.4. The van der Waals surface area contributed by atoms with Gasteiger partial charge in [0.1, 0.15) is 17.5 Å². The number of hydrogen-bond donors (Lipinski definition) is 1. The van der Waals surface area contributed by atoms with E-state index in [0.717, 1.165) is 17.1 Å². The third-order valence-corrected chi connectivity index (χ3v) is 3.10. The summed E-state index contributed by atoms with van der Waals surface area (Å²) in [7, 11) is 0. The second kappa shape index (κ2) is 4.63. The predicted octanol–water partition coefficient (Wildman–Crippen LogP) is 4.09. The number of nitrogens with one attached hydrogen (secondary N) is 1. The van der Waals surface area contributed by atoms with Crippen molar-refractivity contribution in [1.82, 2.24) is 9.97 Å². The van der Waals surface area contributed by atoms with Crippen LogP contribution in [0.3, 0.4) is 0 Å². The van der Waals surface area contributed by atoms with E-state index in [9.17, 15) is 8.78 Å². The SMILES string of the molecule is Fc1ccc(Cc2nc3cc(Cl)ccc3[nH]2)c(F)c1. The number of fused-ring (bicyclic) bond motifs is 1. The Kier molecular flexibility index (Phi) is 2.95. The molecule has 3 rings (SSSR count). The minimum absolute atomic E-state index is 0.276. The van der Waals surface area contributed by atoms with Crippen LogP contribution in [0.25, 0.3) is 11.0 Å². The lowest BCUT2D eigenvalue weighted by molar-refractivity contribution is 0.574. The van der Waals surface area contributed by atoms with E-state index >= 15 is 0 Å². The number of nitrogens with zero attached hydrogens (tertiary/aromatic N) is 1. The normalized spacial score (nSPS) is 11.1. The molecule has 0 fully saturated rings. The van der Waals surface area contributed by atoms with E-state index in [2.05, 4.69) is 9.97 Å². The number of aromatic amines is 1. The first-order valence-corrected chi connectivity index (χ1v) is 6.08. The lowest BCUT2D eigenvalue weighted by atomic mass is 10.1. The number of aromatic nitrogens is 2. The van der Waals surface area contributed by atoms with Crippen LogP contribution in [-0.2, 0) is 6.42 Å². The van der Waals surface area contributed by atoms with Gasteiger partial charge in [0.2, 0.25) is 0 Å². The van der Waals surface area contributed by atoms with Crippen molar-refractivity contribution in [2.45, 2.75) is 6.42 Å². The molecule has 0 spiro atoms. The van der Waals surface area contributed by atoms with Gasteiger partial charge in [-0.2, -0.15) is 0 Å². The van der Waals surface area contributed by atoms with Gasteiger partial charge in [0, 0.05) is 17.5 Å². The van der Waals surface area contributed by atoms with Gasteiger partial charge in [-0.25, -0.2) is 13.8 Å². The van der Waals surface area contributed by atoms with Crippen LogP contribution in [-0.4, -0.2) is 9.97 Å². The molecular formula is C14H9ClF2N2. The second-order valence-corrected chi connectivity index (χ2v) is 4.69. The van der Waals surface area contributed by atoms with E-state index in [0.29, 0.717) is 16.4 Å². The fourth-order valence-corrected chi connectivity index (χ4v) is 2.13. The Bertz CT molecular complexity index is 752. The molecule has 0 unspecified atom stereocenters. The summed E-state index contributed by atoms with van der Waals surface area (Å²) >= 11 is 5.88. The Balaban J connectivity index is 1.96. The summed E-state index contributed by atoms with van der Waals surface area (Å²) in [5, 5.41) is 0.596. The van der Waals surface area contributed by atoms with Crippen LogP contribution in [0.4, 0.5) is 8.78 Å². The molecule has 96 valence electrons. The van der Waals surface area contributed by atoms with Crippen molar-refractivity contribution in [2.24, 2.45) is 0 Å². The average Bonchev–Trinajstić information content (AvgIpc) is 2.74. The molecule has 5 heteroatoms. The topological polar surface area (TPSA) is 28.7 Å². The standard InChI is InChI=1S/C14H9ClF2N2/c15-9-2-4-12-13(6-9)19-14(18-12)5-8-1-3-10(16)7-11(8)17/h1-4,6-7H,5H2,(H,18,19). The zero-order valence-corrected chi connectivity index (χ0v) is 10.5. The van der Waals surface area contributed by atoms with Gasteiger partial charge in [0.05, 0.1) is 11.0 Å². The van der Waals surface area contributed by atoms with Gasteiger partial charge in [-0.3, -0.25) is 0 Å². The van der Waals surface area contributed by atoms with Crippen LogP contribution in [0, 0.1) is 11.6 Å². The summed E-state index contributed by atoms with van der Waals surface area (Å²) in [6.45, 7) is 0. The van der Waals surface area contributed by atoms with Crippen LogP contribution in [0.2, 0.25) is 5.02 Å². The number of halogens is 3. The summed E-state index contributed by atoms with van der Waals surface area (Å²) < 4.78 is 26.4. The van der Waals surface area contributed by atoms with E-state index < -0.39 is 11.6 Å². The van der Waals surface area contributed by atoms with Crippen molar-refractivity contribution in [3.63, 3.8) is 0 Å². The Morgan fingerprint density at radius 2 is 1.95 bits per heavy atom. The third kappa shape index (κ3) is 2.44. The highest BCUT2D eigenvalue weighted by Crippen LogP contribution is 2.19. The summed E-state index contributed by atoms with van der Waals surface area (Å²) in [5.41, 5.74) is 1.96. The molecular weight excluding hydrogens is 270 g/mol. The summed E-state index contributed by atoms with van der Waals surface area (Å²) in [6, 6.07) is 8.83. The molecule has 0 saturated carbocycles. The first-order chi connectivity index (χ1) is 9.11. The molecule has 0 aliphatic carbocycles. The monoisotopic (exact) mass is 278 g/mol.